The van der Waals surface area contributed by atoms with Gasteiger partial charge in [-0.1, -0.05) is 0 Å². The van der Waals surface area contributed by atoms with Gasteiger partial charge >= 0.3 is 5.97 Å². The van der Waals surface area contributed by atoms with Crippen LogP contribution in [-0.2, 0) is 4.79 Å². The first-order valence-corrected chi connectivity index (χ1v) is 5.24. The third kappa shape index (κ3) is 2.86. The Morgan fingerprint density at radius 1 is 1.73 bits per heavy atom. The lowest BCUT2D eigenvalue weighted by Crippen LogP contribution is -2.15. The van der Waals surface area contributed by atoms with E-state index in [0.717, 1.165) is 4.68 Å². The van der Waals surface area contributed by atoms with E-state index >= 15 is 0 Å². The fourth-order valence-corrected chi connectivity index (χ4v) is 1.85. The third-order valence-electron chi connectivity index (χ3n) is 1.88. The lowest BCUT2D eigenvalue weighted by molar-refractivity contribution is -0.137. The van der Waals surface area contributed by atoms with Crippen LogP contribution in [0.1, 0.15) is 31.5 Å². The predicted octanol–water partition coefficient (Wildman–Crippen LogP) is 2.46. The Kier molecular flexibility index (Phi) is 4.00. The van der Waals surface area contributed by atoms with E-state index < -0.39 is 18.4 Å². The van der Waals surface area contributed by atoms with Gasteiger partial charge in [-0.3, -0.25) is 9.48 Å². The van der Waals surface area contributed by atoms with Crippen LogP contribution in [0.5, 0.6) is 0 Å². The molecule has 1 N–H and O–H groups in total. The summed E-state index contributed by atoms with van der Waals surface area (Å²) in [7, 11) is 0. The van der Waals surface area contributed by atoms with Crippen molar-refractivity contribution < 1.29 is 18.7 Å². The van der Waals surface area contributed by atoms with E-state index in [0.29, 0.717) is 3.57 Å². The van der Waals surface area contributed by atoms with Gasteiger partial charge in [0, 0.05) is 0 Å². The molecule has 1 rings (SSSR count). The molecule has 15 heavy (non-hydrogen) atoms. The number of rotatable bonds is 4. The number of nitrogens with zero attached hydrogens (tertiary/aromatic N) is 2. The topological polar surface area (TPSA) is 55.1 Å². The van der Waals surface area contributed by atoms with Crippen molar-refractivity contribution in [2.75, 3.05) is 0 Å². The van der Waals surface area contributed by atoms with Gasteiger partial charge < -0.3 is 5.11 Å². The molecule has 0 saturated heterocycles. The van der Waals surface area contributed by atoms with Crippen LogP contribution in [0.2, 0.25) is 0 Å². The maximum absolute atomic E-state index is 12.6. The van der Waals surface area contributed by atoms with E-state index in [1.54, 1.807) is 29.5 Å². The number of aromatic nitrogens is 2. The van der Waals surface area contributed by atoms with E-state index in [-0.39, 0.29) is 12.1 Å². The fourth-order valence-electron chi connectivity index (χ4n) is 1.25. The normalized spacial score (nSPS) is 13.1. The van der Waals surface area contributed by atoms with E-state index in [9.17, 15) is 13.6 Å². The Hall–Kier alpha value is -0.730. The molecule has 1 atom stereocenters. The summed E-state index contributed by atoms with van der Waals surface area (Å²) >= 11 is 1.75. The molecule has 0 fully saturated rings. The van der Waals surface area contributed by atoms with Gasteiger partial charge in [0.15, 0.2) is 0 Å². The summed E-state index contributed by atoms with van der Waals surface area (Å²) in [6, 6.07) is -0.574. The number of halogens is 3. The van der Waals surface area contributed by atoms with Gasteiger partial charge in [-0.25, -0.2) is 8.78 Å². The molecule has 0 bridgehead atoms. The van der Waals surface area contributed by atoms with Gasteiger partial charge in [-0.05, 0) is 29.5 Å². The summed E-state index contributed by atoms with van der Waals surface area (Å²) in [6.45, 7) is 1.54. The molecule has 1 aromatic rings. The zero-order valence-corrected chi connectivity index (χ0v) is 9.98. The summed E-state index contributed by atoms with van der Waals surface area (Å²) in [6.07, 6.45) is -1.56. The smallest absolute Gasteiger partial charge is 0.305 e. The number of carboxylic acids is 1. The fraction of sp³-hybridized carbons (Fsp3) is 0.500. The van der Waals surface area contributed by atoms with Crippen molar-refractivity contribution in [3.63, 3.8) is 0 Å². The van der Waals surface area contributed by atoms with Crippen LogP contribution in [0, 0.1) is 3.57 Å². The number of carboxylic acid groups (broad SMARTS) is 1. The maximum atomic E-state index is 12.6. The van der Waals surface area contributed by atoms with Crippen LogP contribution < -0.4 is 0 Å². The molecule has 4 nitrogen and oxygen atoms in total. The minimum Gasteiger partial charge on any atom is -0.481 e. The van der Waals surface area contributed by atoms with Crippen LogP contribution in [-0.4, -0.2) is 20.9 Å². The van der Waals surface area contributed by atoms with E-state index in [4.69, 9.17) is 5.11 Å². The summed E-state index contributed by atoms with van der Waals surface area (Å²) in [5, 5.41) is 12.3. The number of alkyl halides is 2. The Balaban J connectivity index is 2.98. The molecule has 0 radical (unpaired) electrons. The monoisotopic (exact) mass is 330 g/mol. The lowest BCUT2D eigenvalue weighted by Gasteiger charge is -2.13. The average molecular weight is 330 g/mol. The third-order valence-corrected chi connectivity index (χ3v) is 2.71. The number of hydrogen-bond donors (Lipinski definition) is 1. The van der Waals surface area contributed by atoms with Gasteiger partial charge in [0.25, 0.3) is 6.43 Å². The second-order valence-corrected chi connectivity index (χ2v) is 4.23. The molecule has 0 saturated carbocycles. The first kappa shape index (κ1) is 12.3. The zero-order valence-electron chi connectivity index (χ0n) is 7.82. The summed E-state index contributed by atoms with van der Waals surface area (Å²) in [5.41, 5.74) is -0.218. The Morgan fingerprint density at radius 3 is 2.80 bits per heavy atom. The second-order valence-electron chi connectivity index (χ2n) is 3.07. The molecule has 7 heteroatoms. The molecule has 0 amide bonds. The number of aliphatic carboxylic acids is 1. The summed E-state index contributed by atoms with van der Waals surface area (Å²) < 4.78 is 26.6. The van der Waals surface area contributed by atoms with Crippen molar-refractivity contribution in [3.8, 4) is 0 Å². The van der Waals surface area contributed by atoms with Crippen LogP contribution in [0.3, 0.4) is 0 Å². The highest BCUT2D eigenvalue weighted by molar-refractivity contribution is 14.1. The second kappa shape index (κ2) is 4.86. The molecule has 1 aromatic heterocycles. The first-order chi connectivity index (χ1) is 6.93. The molecule has 0 aliphatic rings. The van der Waals surface area contributed by atoms with E-state index in [2.05, 4.69) is 5.10 Å². The summed E-state index contributed by atoms with van der Waals surface area (Å²) in [4.78, 5) is 10.4. The molecule has 0 aromatic carbocycles. The highest BCUT2D eigenvalue weighted by atomic mass is 127. The first-order valence-electron chi connectivity index (χ1n) is 4.16. The molecule has 84 valence electrons. The molecule has 0 unspecified atom stereocenters. The highest BCUT2D eigenvalue weighted by Crippen LogP contribution is 2.27. The van der Waals surface area contributed by atoms with Crippen LogP contribution in [0.4, 0.5) is 8.78 Å². The quantitative estimate of drug-likeness (QED) is 0.863. The van der Waals surface area contributed by atoms with Crippen LogP contribution in [0.15, 0.2) is 6.20 Å². The molecule has 0 spiro atoms. The van der Waals surface area contributed by atoms with Crippen molar-refractivity contribution in [2.24, 2.45) is 0 Å². The maximum Gasteiger partial charge on any atom is 0.305 e. The average Bonchev–Trinajstić information content (AvgIpc) is 2.45. The van der Waals surface area contributed by atoms with Gasteiger partial charge in [-0.2, -0.15) is 5.10 Å². The van der Waals surface area contributed by atoms with Crippen molar-refractivity contribution >= 4 is 28.6 Å². The van der Waals surface area contributed by atoms with E-state index in [1.165, 1.54) is 6.20 Å². The minimum atomic E-state index is -2.64. The Bertz CT molecular complexity index is 368. The van der Waals surface area contributed by atoms with Gasteiger partial charge in [0.05, 0.1) is 22.2 Å². The predicted molar refractivity (Wildman–Crippen MR) is 56.9 cm³/mol. The SMILES string of the molecule is C[C@@H](CC(=O)O)n1ncc(I)c1C(F)F. The van der Waals surface area contributed by atoms with Crippen LogP contribution in [0.25, 0.3) is 0 Å². The number of hydrogen-bond acceptors (Lipinski definition) is 2. The Morgan fingerprint density at radius 2 is 2.33 bits per heavy atom. The highest BCUT2D eigenvalue weighted by Gasteiger charge is 2.22. The molecular weight excluding hydrogens is 321 g/mol. The van der Waals surface area contributed by atoms with Crippen molar-refractivity contribution in [2.45, 2.75) is 25.8 Å². The van der Waals surface area contributed by atoms with Crippen molar-refractivity contribution in [3.05, 3.63) is 15.5 Å². The summed E-state index contributed by atoms with van der Waals surface area (Å²) in [5.74, 6) is -1.03. The molecule has 0 aliphatic heterocycles. The zero-order chi connectivity index (χ0) is 11.6. The van der Waals surface area contributed by atoms with E-state index in [1.807, 2.05) is 0 Å². The molecule has 0 aliphatic carbocycles. The largest absolute Gasteiger partial charge is 0.481 e. The van der Waals surface area contributed by atoms with Crippen molar-refractivity contribution in [1.82, 2.24) is 9.78 Å². The number of carbonyl (C=O) groups is 1. The van der Waals surface area contributed by atoms with Gasteiger partial charge in [0.2, 0.25) is 0 Å². The lowest BCUT2D eigenvalue weighted by atomic mass is 10.2. The molecular formula is C8H9F2IN2O2. The minimum absolute atomic E-state index is 0.218. The van der Waals surface area contributed by atoms with Gasteiger partial charge in [-0.15, -0.1) is 0 Å². The van der Waals surface area contributed by atoms with Crippen LogP contribution >= 0.6 is 22.6 Å². The van der Waals surface area contributed by atoms with Gasteiger partial charge in [0.1, 0.15) is 5.69 Å². The standard InChI is InChI=1S/C8H9F2IN2O2/c1-4(2-6(14)15)13-7(8(9)10)5(11)3-12-13/h3-4,8H,2H2,1H3,(H,14,15)/t4-/m0/s1. The molecule has 1 heterocycles. The Labute approximate surface area is 98.4 Å². The van der Waals surface area contributed by atoms with Crippen molar-refractivity contribution in [1.29, 1.82) is 0 Å².